The summed E-state index contributed by atoms with van der Waals surface area (Å²) in [6.45, 7) is 1.83. The fourth-order valence-corrected chi connectivity index (χ4v) is 2.75. The number of nitrogens with two attached hydrogens (primary N) is 1. The lowest BCUT2D eigenvalue weighted by Crippen LogP contribution is -2.84. The molecule has 3 nitrogen and oxygen atoms in total. The Hall–Kier alpha value is -1.55. The third kappa shape index (κ3) is 3.80. The number of hydrogen-bond acceptors (Lipinski definition) is 2. The number of quaternary nitrogens is 1. The highest BCUT2D eigenvalue weighted by atomic mass is 35.5. The molecular weight excluding hydrogens is 319 g/mol. The summed E-state index contributed by atoms with van der Waals surface area (Å²) in [5, 5.41) is 7.52. The molecule has 0 fully saturated rings. The van der Waals surface area contributed by atoms with Crippen LogP contribution in [0.2, 0.25) is 10.0 Å². The summed E-state index contributed by atoms with van der Waals surface area (Å²) in [4.78, 5) is 5.51. The predicted molar refractivity (Wildman–Crippen MR) is 89.4 cm³/mol. The van der Waals surface area contributed by atoms with Crippen molar-refractivity contribution in [2.75, 3.05) is 6.54 Å². The van der Waals surface area contributed by atoms with Gasteiger partial charge in [0.25, 0.3) is 0 Å². The minimum absolute atomic E-state index is 0.105. The first-order chi connectivity index (χ1) is 10.7. The van der Waals surface area contributed by atoms with Crippen LogP contribution in [-0.4, -0.2) is 18.4 Å². The van der Waals surface area contributed by atoms with Crippen LogP contribution < -0.4 is 5.32 Å². The van der Waals surface area contributed by atoms with E-state index in [9.17, 15) is 0 Å². The van der Waals surface area contributed by atoms with Crippen LogP contribution in [0.4, 0.5) is 0 Å². The van der Waals surface area contributed by atoms with Crippen molar-refractivity contribution in [3.63, 3.8) is 0 Å². The average molecular weight is 336 g/mol. The van der Waals surface area contributed by atoms with E-state index in [1.54, 1.807) is 6.07 Å². The van der Waals surface area contributed by atoms with Gasteiger partial charge in [-0.2, -0.15) is 0 Å². The zero-order valence-corrected chi connectivity index (χ0v) is 13.5. The SMILES string of the molecule is Clc1ccc(C2=NO[C@H](C[NH2+]Cc3ccccc3)C2)cc1Cl. The van der Waals surface area contributed by atoms with Crippen molar-refractivity contribution in [1.82, 2.24) is 0 Å². The van der Waals surface area contributed by atoms with Crippen LogP contribution in [0.5, 0.6) is 0 Å². The lowest BCUT2D eigenvalue weighted by atomic mass is 10.1. The Balaban J connectivity index is 1.50. The van der Waals surface area contributed by atoms with Crippen molar-refractivity contribution >= 4 is 28.9 Å². The van der Waals surface area contributed by atoms with Crippen LogP contribution in [-0.2, 0) is 11.4 Å². The molecule has 5 heteroatoms. The summed E-state index contributed by atoms with van der Waals surface area (Å²) in [6, 6.07) is 15.9. The molecule has 2 aromatic rings. The molecule has 114 valence electrons. The predicted octanol–water partition coefficient (Wildman–Crippen LogP) is 3.25. The summed E-state index contributed by atoms with van der Waals surface area (Å²) >= 11 is 12.0. The van der Waals surface area contributed by atoms with Gasteiger partial charge in [-0.15, -0.1) is 0 Å². The molecule has 0 saturated carbocycles. The minimum atomic E-state index is 0.105. The lowest BCUT2D eigenvalue weighted by Gasteiger charge is -2.07. The molecule has 0 amide bonds. The molecule has 0 bridgehead atoms. The molecule has 1 heterocycles. The first-order valence-electron chi connectivity index (χ1n) is 7.26. The molecule has 0 radical (unpaired) electrons. The second-order valence-electron chi connectivity index (χ2n) is 5.31. The molecule has 0 aromatic heterocycles. The molecule has 22 heavy (non-hydrogen) atoms. The molecule has 3 rings (SSSR count). The standard InChI is InChI=1S/C17H16Cl2N2O/c18-15-7-6-13(8-16(15)19)17-9-14(22-21-17)11-20-10-12-4-2-1-3-5-12/h1-8,14,20H,9-11H2/p+1/t14-/m0/s1. The van der Waals surface area contributed by atoms with Gasteiger partial charge in [0.1, 0.15) is 13.1 Å². The summed E-state index contributed by atoms with van der Waals surface area (Å²) in [6.07, 6.45) is 0.900. The second-order valence-corrected chi connectivity index (χ2v) is 6.13. The van der Waals surface area contributed by atoms with E-state index < -0.39 is 0 Å². The van der Waals surface area contributed by atoms with E-state index in [-0.39, 0.29) is 6.10 Å². The molecule has 0 aliphatic carbocycles. The van der Waals surface area contributed by atoms with Gasteiger partial charge in [-0.25, -0.2) is 0 Å². The number of halogens is 2. The Bertz CT molecular complexity index is 674. The van der Waals surface area contributed by atoms with Crippen molar-refractivity contribution < 1.29 is 10.2 Å². The summed E-state index contributed by atoms with van der Waals surface area (Å²) in [5.74, 6) is 0. The maximum atomic E-state index is 6.05. The number of rotatable bonds is 5. The Labute approximate surface area is 139 Å². The Morgan fingerprint density at radius 2 is 1.91 bits per heavy atom. The van der Waals surface area contributed by atoms with Gasteiger partial charge >= 0.3 is 0 Å². The van der Waals surface area contributed by atoms with E-state index in [1.165, 1.54) is 5.56 Å². The molecular formula is C17H17Cl2N2O+. The quantitative estimate of drug-likeness (QED) is 0.894. The topological polar surface area (TPSA) is 38.2 Å². The van der Waals surface area contributed by atoms with Crippen molar-refractivity contribution in [3.05, 3.63) is 69.7 Å². The lowest BCUT2D eigenvalue weighted by molar-refractivity contribution is -0.676. The number of hydrogen-bond donors (Lipinski definition) is 1. The largest absolute Gasteiger partial charge is 0.386 e. The number of benzene rings is 2. The van der Waals surface area contributed by atoms with Crippen LogP contribution in [0.1, 0.15) is 17.5 Å². The van der Waals surface area contributed by atoms with Gasteiger partial charge in [-0.3, -0.25) is 0 Å². The third-order valence-corrected chi connectivity index (χ3v) is 4.38. The van der Waals surface area contributed by atoms with E-state index in [4.69, 9.17) is 28.0 Å². The Kier molecular flexibility index (Phi) is 4.98. The van der Waals surface area contributed by atoms with Crippen molar-refractivity contribution in [2.24, 2.45) is 5.16 Å². The maximum Gasteiger partial charge on any atom is 0.181 e. The van der Waals surface area contributed by atoms with Crippen LogP contribution >= 0.6 is 23.2 Å². The third-order valence-electron chi connectivity index (χ3n) is 3.64. The molecule has 1 atom stereocenters. The monoisotopic (exact) mass is 335 g/mol. The van der Waals surface area contributed by atoms with Gasteiger partial charge in [-0.05, 0) is 12.1 Å². The van der Waals surface area contributed by atoms with Crippen LogP contribution in [0, 0.1) is 0 Å². The molecule has 2 aromatic carbocycles. The first kappa shape index (κ1) is 15.3. The number of nitrogens with zero attached hydrogens (tertiary/aromatic N) is 1. The van der Waals surface area contributed by atoms with E-state index >= 15 is 0 Å². The van der Waals surface area contributed by atoms with E-state index in [1.807, 2.05) is 18.2 Å². The fraction of sp³-hybridized carbons (Fsp3) is 0.235. The average Bonchev–Trinajstić information content (AvgIpc) is 3.00. The summed E-state index contributed by atoms with van der Waals surface area (Å²) in [7, 11) is 0. The molecule has 0 unspecified atom stereocenters. The Morgan fingerprint density at radius 1 is 1.09 bits per heavy atom. The van der Waals surface area contributed by atoms with Crippen LogP contribution in [0.3, 0.4) is 0 Å². The van der Waals surface area contributed by atoms with Crippen molar-refractivity contribution in [3.8, 4) is 0 Å². The zero-order chi connectivity index (χ0) is 15.4. The Morgan fingerprint density at radius 3 is 2.68 bits per heavy atom. The molecule has 1 aliphatic heterocycles. The van der Waals surface area contributed by atoms with Gasteiger partial charge in [0.15, 0.2) is 6.10 Å². The normalized spacial score (nSPS) is 17.2. The summed E-state index contributed by atoms with van der Waals surface area (Å²) in [5.41, 5.74) is 3.21. The molecule has 1 aliphatic rings. The van der Waals surface area contributed by atoms with Crippen LogP contribution in [0.15, 0.2) is 53.7 Å². The van der Waals surface area contributed by atoms with Gasteiger partial charge < -0.3 is 10.2 Å². The van der Waals surface area contributed by atoms with E-state index in [2.05, 4.69) is 34.7 Å². The highest BCUT2D eigenvalue weighted by molar-refractivity contribution is 6.42. The van der Waals surface area contributed by atoms with Gasteiger partial charge in [-0.1, -0.05) is 64.8 Å². The highest BCUT2D eigenvalue weighted by Gasteiger charge is 2.23. The van der Waals surface area contributed by atoms with Crippen molar-refractivity contribution in [2.45, 2.75) is 19.1 Å². The zero-order valence-electron chi connectivity index (χ0n) is 12.0. The molecule has 0 saturated heterocycles. The first-order valence-corrected chi connectivity index (χ1v) is 8.01. The fourth-order valence-electron chi connectivity index (χ4n) is 2.45. The van der Waals surface area contributed by atoms with Crippen molar-refractivity contribution in [1.29, 1.82) is 0 Å². The number of oxime groups is 1. The molecule has 2 N–H and O–H groups in total. The van der Waals surface area contributed by atoms with Gasteiger partial charge in [0.05, 0.1) is 15.8 Å². The van der Waals surface area contributed by atoms with E-state index in [0.29, 0.717) is 10.0 Å². The molecule has 0 spiro atoms. The summed E-state index contributed by atoms with van der Waals surface area (Å²) < 4.78 is 0. The maximum absolute atomic E-state index is 6.05. The van der Waals surface area contributed by atoms with Gasteiger partial charge in [0.2, 0.25) is 0 Å². The highest BCUT2D eigenvalue weighted by Crippen LogP contribution is 2.25. The van der Waals surface area contributed by atoms with Gasteiger partial charge in [0, 0.05) is 17.5 Å². The second kappa shape index (κ2) is 7.14. The van der Waals surface area contributed by atoms with Crippen LogP contribution in [0.25, 0.3) is 0 Å². The minimum Gasteiger partial charge on any atom is -0.386 e. The van der Waals surface area contributed by atoms with E-state index in [0.717, 1.165) is 30.8 Å². The smallest absolute Gasteiger partial charge is 0.181 e.